The second-order valence-corrected chi connectivity index (χ2v) is 6.38. The van der Waals surface area contributed by atoms with E-state index >= 15 is 0 Å². The van der Waals surface area contributed by atoms with Crippen LogP contribution in [0.15, 0.2) is 23.4 Å². The largest absolute Gasteiger partial charge is 0.380 e. The zero-order valence-corrected chi connectivity index (χ0v) is 12.6. The van der Waals surface area contributed by atoms with Crippen LogP contribution >= 0.6 is 0 Å². The Morgan fingerprint density at radius 2 is 2.15 bits per heavy atom. The van der Waals surface area contributed by atoms with Crippen LogP contribution in [0.25, 0.3) is 0 Å². The van der Waals surface area contributed by atoms with Crippen molar-refractivity contribution in [3.05, 3.63) is 18.3 Å². The van der Waals surface area contributed by atoms with Crippen LogP contribution in [0.4, 0.5) is 5.69 Å². The van der Waals surface area contributed by atoms with Crippen molar-refractivity contribution in [2.75, 3.05) is 25.2 Å². The minimum absolute atomic E-state index is 0.121. The SMILES string of the molecule is CC(C)CCOCCNS(=O)(=O)c1ncccc1NN. The number of anilines is 1. The van der Waals surface area contributed by atoms with Crippen molar-refractivity contribution in [1.82, 2.24) is 9.71 Å². The summed E-state index contributed by atoms with van der Waals surface area (Å²) >= 11 is 0. The lowest BCUT2D eigenvalue weighted by Crippen LogP contribution is -2.29. The van der Waals surface area contributed by atoms with Crippen LogP contribution in [0.3, 0.4) is 0 Å². The Balaban J connectivity index is 2.46. The van der Waals surface area contributed by atoms with Gasteiger partial charge in [-0.2, -0.15) is 0 Å². The average Bonchev–Trinajstić information content (AvgIpc) is 2.42. The van der Waals surface area contributed by atoms with E-state index in [-0.39, 0.29) is 17.3 Å². The van der Waals surface area contributed by atoms with Gasteiger partial charge in [-0.05, 0) is 24.5 Å². The number of nitrogen functional groups attached to an aromatic ring is 1. The van der Waals surface area contributed by atoms with Gasteiger partial charge in [0.1, 0.15) is 0 Å². The number of nitrogens with zero attached hydrogens (tertiary/aromatic N) is 1. The van der Waals surface area contributed by atoms with E-state index in [0.29, 0.717) is 19.1 Å². The van der Waals surface area contributed by atoms with E-state index in [1.165, 1.54) is 6.20 Å². The molecule has 0 bridgehead atoms. The molecule has 1 aromatic rings. The number of sulfonamides is 1. The van der Waals surface area contributed by atoms with Crippen molar-refractivity contribution in [2.24, 2.45) is 11.8 Å². The maximum Gasteiger partial charge on any atom is 0.260 e. The lowest BCUT2D eigenvalue weighted by Gasteiger charge is -2.10. The number of hydrogen-bond donors (Lipinski definition) is 3. The van der Waals surface area contributed by atoms with Crippen LogP contribution in [0.1, 0.15) is 20.3 Å². The molecule has 7 nitrogen and oxygen atoms in total. The maximum atomic E-state index is 12.0. The molecule has 8 heteroatoms. The number of rotatable bonds is 9. The summed E-state index contributed by atoms with van der Waals surface area (Å²) in [5, 5.41) is -0.121. The van der Waals surface area contributed by atoms with Crippen molar-refractivity contribution < 1.29 is 13.2 Å². The molecule has 0 unspecified atom stereocenters. The zero-order chi connectivity index (χ0) is 15.0. The third kappa shape index (κ3) is 5.41. The normalized spacial score (nSPS) is 11.8. The highest BCUT2D eigenvalue weighted by Crippen LogP contribution is 2.15. The third-order valence-corrected chi connectivity index (χ3v) is 3.98. The van der Waals surface area contributed by atoms with Gasteiger partial charge in [0.15, 0.2) is 5.03 Å². The number of nitrogens with two attached hydrogens (primary N) is 1. The van der Waals surface area contributed by atoms with Gasteiger partial charge in [0, 0.05) is 19.3 Å². The summed E-state index contributed by atoms with van der Waals surface area (Å²) in [7, 11) is -3.69. The van der Waals surface area contributed by atoms with Crippen molar-refractivity contribution in [1.29, 1.82) is 0 Å². The molecule has 1 rings (SSSR count). The molecule has 0 aliphatic rings. The molecule has 4 N–H and O–H groups in total. The van der Waals surface area contributed by atoms with Gasteiger partial charge in [0.05, 0.1) is 12.3 Å². The van der Waals surface area contributed by atoms with Gasteiger partial charge in [-0.1, -0.05) is 13.8 Å². The molecular formula is C12H22N4O3S. The fourth-order valence-corrected chi connectivity index (χ4v) is 2.56. The molecule has 0 saturated heterocycles. The van der Waals surface area contributed by atoms with Gasteiger partial charge in [0.2, 0.25) is 0 Å². The molecule has 0 aliphatic carbocycles. The van der Waals surface area contributed by atoms with Gasteiger partial charge in [-0.15, -0.1) is 0 Å². The van der Waals surface area contributed by atoms with Crippen LogP contribution in [0, 0.1) is 5.92 Å². The maximum absolute atomic E-state index is 12.0. The summed E-state index contributed by atoms with van der Waals surface area (Å²) in [6, 6.07) is 3.14. The predicted molar refractivity (Wildman–Crippen MR) is 77.5 cm³/mol. The Morgan fingerprint density at radius 3 is 2.80 bits per heavy atom. The summed E-state index contributed by atoms with van der Waals surface area (Å²) in [6.45, 7) is 5.35. The number of hydrazine groups is 1. The quantitative estimate of drug-likeness (QED) is 0.352. The predicted octanol–water partition coefficient (Wildman–Crippen LogP) is 0.708. The molecule has 0 spiro atoms. The highest BCUT2D eigenvalue weighted by Gasteiger charge is 2.18. The molecule has 1 aromatic heterocycles. The number of pyridine rings is 1. The fraction of sp³-hybridized carbons (Fsp3) is 0.583. The Bertz CT molecular complexity index is 505. The van der Waals surface area contributed by atoms with Crippen LogP contribution in [0.5, 0.6) is 0 Å². The summed E-state index contributed by atoms with van der Waals surface area (Å²) in [5.74, 6) is 5.83. The van der Waals surface area contributed by atoms with E-state index in [2.05, 4.69) is 29.0 Å². The first-order chi connectivity index (χ1) is 9.47. The number of aromatic nitrogens is 1. The first kappa shape index (κ1) is 16.8. The molecule has 114 valence electrons. The Morgan fingerprint density at radius 1 is 1.40 bits per heavy atom. The highest BCUT2D eigenvalue weighted by molar-refractivity contribution is 7.89. The van der Waals surface area contributed by atoms with Crippen LogP contribution in [-0.2, 0) is 14.8 Å². The minimum Gasteiger partial charge on any atom is -0.380 e. The standard InChI is InChI=1S/C12H22N4O3S/c1-10(2)5-8-19-9-7-15-20(17,18)12-11(16-13)4-3-6-14-12/h3-4,6,10,15-16H,5,7-9,13H2,1-2H3. The van der Waals surface area contributed by atoms with Gasteiger partial charge < -0.3 is 10.2 Å². The Kier molecular flexibility index (Phi) is 6.86. The molecule has 0 aliphatic heterocycles. The van der Waals surface area contributed by atoms with E-state index in [1.54, 1.807) is 12.1 Å². The van der Waals surface area contributed by atoms with Crippen molar-refractivity contribution in [2.45, 2.75) is 25.3 Å². The molecule has 0 atom stereocenters. The van der Waals surface area contributed by atoms with Crippen molar-refractivity contribution >= 4 is 15.7 Å². The average molecular weight is 302 g/mol. The van der Waals surface area contributed by atoms with Crippen molar-refractivity contribution in [3.63, 3.8) is 0 Å². The highest BCUT2D eigenvalue weighted by atomic mass is 32.2. The van der Waals surface area contributed by atoms with Crippen LogP contribution < -0.4 is 16.0 Å². The van der Waals surface area contributed by atoms with Crippen LogP contribution in [0.2, 0.25) is 0 Å². The summed E-state index contributed by atoms with van der Waals surface area (Å²) in [6.07, 6.45) is 2.35. The molecule has 0 amide bonds. The smallest absolute Gasteiger partial charge is 0.260 e. The second kappa shape index (κ2) is 8.15. The monoisotopic (exact) mass is 302 g/mol. The molecule has 20 heavy (non-hydrogen) atoms. The molecule has 0 aromatic carbocycles. The summed E-state index contributed by atoms with van der Waals surface area (Å²) in [5.41, 5.74) is 2.56. The van der Waals surface area contributed by atoms with E-state index in [1.807, 2.05) is 0 Å². The van der Waals surface area contributed by atoms with Gasteiger partial charge in [-0.25, -0.2) is 18.1 Å². The molecule has 0 saturated carbocycles. The Hall–Kier alpha value is -1.22. The lowest BCUT2D eigenvalue weighted by molar-refractivity contribution is 0.128. The van der Waals surface area contributed by atoms with Crippen molar-refractivity contribution in [3.8, 4) is 0 Å². The van der Waals surface area contributed by atoms with E-state index in [9.17, 15) is 8.42 Å². The number of hydrogen-bond acceptors (Lipinski definition) is 6. The van der Waals surface area contributed by atoms with Gasteiger partial charge >= 0.3 is 0 Å². The van der Waals surface area contributed by atoms with E-state index in [0.717, 1.165) is 6.42 Å². The first-order valence-electron chi connectivity index (χ1n) is 6.46. The third-order valence-electron chi connectivity index (χ3n) is 2.56. The first-order valence-corrected chi connectivity index (χ1v) is 7.94. The summed E-state index contributed by atoms with van der Waals surface area (Å²) in [4.78, 5) is 3.83. The van der Waals surface area contributed by atoms with Gasteiger partial charge in [-0.3, -0.25) is 5.84 Å². The lowest BCUT2D eigenvalue weighted by atomic mass is 10.1. The van der Waals surface area contributed by atoms with E-state index < -0.39 is 10.0 Å². The molecular weight excluding hydrogens is 280 g/mol. The molecule has 1 heterocycles. The molecule has 0 fully saturated rings. The van der Waals surface area contributed by atoms with Gasteiger partial charge in [0.25, 0.3) is 10.0 Å². The van der Waals surface area contributed by atoms with Crippen LogP contribution in [-0.4, -0.2) is 33.2 Å². The minimum atomic E-state index is -3.69. The number of ether oxygens (including phenoxy) is 1. The second-order valence-electron chi connectivity index (χ2n) is 4.69. The topological polar surface area (TPSA) is 106 Å². The van der Waals surface area contributed by atoms with E-state index in [4.69, 9.17) is 10.6 Å². The fourth-order valence-electron chi connectivity index (χ4n) is 1.45. The Labute approximate surface area is 119 Å². The zero-order valence-electron chi connectivity index (χ0n) is 11.8. The summed E-state index contributed by atoms with van der Waals surface area (Å²) < 4.78 is 31.8. The molecule has 0 radical (unpaired) electrons. The number of nitrogens with one attached hydrogen (secondary N) is 2.